The summed E-state index contributed by atoms with van der Waals surface area (Å²) in [4.78, 5) is 28.4. The fraction of sp³-hybridized carbons (Fsp3) is 0. The summed E-state index contributed by atoms with van der Waals surface area (Å²) in [6.45, 7) is 0. The van der Waals surface area contributed by atoms with Crippen molar-refractivity contribution in [2.45, 2.75) is 0 Å². The molecule has 0 unspecified atom stereocenters. The molecule has 7 nitrogen and oxygen atoms in total. The van der Waals surface area contributed by atoms with Gasteiger partial charge in [0.25, 0.3) is 0 Å². The maximum atomic E-state index is 11.1. The van der Waals surface area contributed by atoms with E-state index in [1.54, 1.807) is 12.1 Å². The van der Waals surface area contributed by atoms with Crippen LogP contribution in [-0.4, -0.2) is 31.9 Å². The Morgan fingerprint density at radius 2 is 2.33 bits per heavy atom. The Kier molecular flexibility index (Phi) is 3.18. The van der Waals surface area contributed by atoms with Crippen molar-refractivity contribution in [2.24, 2.45) is 4.99 Å². The van der Waals surface area contributed by atoms with E-state index in [1.807, 2.05) is 0 Å². The summed E-state index contributed by atoms with van der Waals surface area (Å²) < 4.78 is 1.00. The fourth-order valence-electron chi connectivity index (χ4n) is 1.32. The normalized spacial score (nSPS) is 9.83. The first kappa shape index (κ1) is 12.0. The van der Waals surface area contributed by atoms with Gasteiger partial charge in [-0.2, -0.15) is 0 Å². The van der Waals surface area contributed by atoms with Crippen LogP contribution in [0.4, 0.5) is 5.82 Å². The summed E-state index contributed by atoms with van der Waals surface area (Å²) in [5.74, 6) is -1.18. The molecule has 0 fully saturated rings. The van der Waals surface area contributed by atoms with Gasteiger partial charge in [0.15, 0.2) is 17.3 Å². The van der Waals surface area contributed by atoms with Gasteiger partial charge in [0.1, 0.15) is 0 Å². The van der Waals surface area contributed by atoms with Gasteiger partial charge >= 0.3 is 5.97 Å². The van der Waals surface area contributed by atoms with Crippen LogP contribution in [0.2, 0.25) is 5.02 Å². The number of carbonyl (C=O) groups is 1. The van der Waals surface area contributed by atoms with Crippen LogP contribution in [0, 0.1) is 0 Å². The highest BCUT2D eigenvalue weighted by Gasteiger charge is 2.18. The summed E-state index contributed by atoms with van der Waals surface area (Å²) in [5, 5.41) is 13.1. The topological polar surface area (TPSA) is 97.4 Å². The lowest BCUT2D eigenvalue weighted by molar-refractivity contribution is 0.0687. The smallest absolute Gasteiger partial charge is 0.354 e. The third-order valence-electron chi connectivity index (χ3n) is 2.02. The Morgan fingerprint density at radius 1 is 1.56 bits per heavy atom. The van der Waals surface area contributed by atoms with E-state index in [4.69, 9.17) is 16.7 Å². The molecular weight excluding hydrogens is 260 g/mol. The van der Waals surface area contributed by atoms with E-state index >= 15 is 0 Å². The van der Waals surface area contributed by atoms with Gasteiger partial charge in [0, 0.05) is 12.3 Å². The van der Waals surface area contributed by atoms with Gasteiger partial charge in [-0.05, 0) is 12.1 Å². The number of carboxylic acid groups (broad SMARTS) is 1. The molecule has 0 aliphatic carbocycles. The van der Waals surface area contributed by atoms with Crippen molar-refractivity contribution in [3.05, 3.63) is 35.1 Å². The molecule has 1 N–H and O–H groups in total. The Labute approximate surface area is 105 Å². The minimum absolute atomic E-state index is 0.0795. The number of carboxylic acids is 1. The molecule has 0 saturated heterocycles. The summed E-state index contributed by atoms with van der Waals surface area (Å²) in [6.07, 6.45) is 2.72. The average Bonchev–Trinajstić information content (AvgIpc) is 2.74. The number of isocyanates is 1. The van der Waals surface area contributed by atoms with Crippen LogP contribution in [0.5, 0.6) is 0 Å². The molecular formula is C10H5ClN4O3. The molecule has 0 aliphatic heterocycles. The molecule has 0 saturated carbocycles. The Morgan fingerprint density at radius 3 is 2.94 bits per heavy atom. The summed E-state index contributed by atoms with van der Waals surface area (Å²) in [6, 6.07) is 4.26. The zero-order chi connectivity index (χ0) is 13.1. The lowest BCUT2D eigenvalue weighted by Gasteiger charge is -2.04. The molecule has 2 rings (SSSR count). The quantitative estimate of drug-likeness (QED) is 0.670. The van der Waals surface area contributed by atoms with Crippen LogP contribution in [0.25, 0.3) is 5.82 Å². The van der Waals surface area contributed by atoms with Gasteiger partial charge in [-0.3, -0.25) is 0 Å². The molecule has 2 aromatic heterocycles. The number of carbonyl (C=O) groups excluding carboxylic acids is 1. The summed E-state index contributed by atoms with van der Waals surface area (Å²) >= 11 is 5.90. The van der Waals surface area contributed by atoms with Crippen molar-refractivity contribution in [3.63, 3.8) is 0 Å². The van der Waals surface area contributed by atoms with Crippen molar-refractivity contribution in [3.8, 4) is 5.82 Å². The Hall–Kier alpha value is -2.50. The number of hydrogen-bond acceptors (Lipinski definition) is 5. The SMILES string of the molecule is O=C=Nc1cc(C(=O)O)n(-c2ncccc2Cl)n1. The van der Waals surface area contributed by atoms with Crippen molar-refractivity contribution >= 4 is 29.5 Å². The number of aliphatic imine (C=N–C) groups is 1. The lowest BCUT2D eigenvalue weighted by atomic mass is 10.4. The molecule has 8 heteroatoms. The number of halogens is 1. The molecule has 0 spiro atoms. The second kappa shape index (κ2) is 4.79. The van der Waals surface area contributed by atoms with Crippen LogP contribution in [-0.2, 0) is 4.79 Å². The number of aromatic nitrogens is 3. The highest BCUT2D eigenvalue weighted by atomic mass is 35.5. The number of nitrogens with zero attached hydrogens (tertiary/aromatic N) is 4. The second-order valence-electron chi connectivity index (χ2n) is 3.12. The third-order valence-corrected chi connectivity index (χ3v) is 2.31. The van der Waals surface area contributed by atoms with Crippen LogP contribution >= 0.6 is 11.6 Å². The lowest BCUT2D eigenvalue weighted by Crippen LogP contribution is -2.09. The Balaban J connectivity index is 2.66. The predicted octanol–water partition coefficient (Wildman–Crippen LogP) is 1.59. The first-order valence-corrected chi connectivity index (χ1v) is 5.03. The number of rotatable bonds is 3. The molecule has 0 atom stereocenters. The van der Waals surface area contributed by atoms with Crippen molar-refractivity contribution < 1.29 is 14.7 Å². The highest BCUT2D eigenvalue weighted by Crippen LogP contribution is 2.21. The molecule has 18 heavy (non-hydrogen) atoms. The molecule has 0 radical (unpaired) electrons. The minimum atomic E-state index is -1.24. The zero-order valence-electron chi connectivity index (χ0n) is 8.74. The van der Waals surface area contributed by atoms with E-state index in [0.717, 1.165) is 10.7 Å². The molecule has 0 aliphatic rings. The summed E-state index contributed by atoms with van der Waals surface area (Å²) in [7, 11) is 0. The van der Waals surface area contributed by atoms with E-state index < -0.39 is 5.97 Å². The van der Waals surface area contributed by atoms with Crippen LogP contribution in [0.3, 0.4) is 0 Å². The van der Waals surface area contributed by atoms with Gasteiger partial charge in [0.05, 0.1) is 5.02 Å². The molecule has 0 amide bonds. The largest absolute Gasteiger partial charge is 0.477 e. The van der Waals surface area contributed by atoms with Gasteiger partial charge in [-0.15, -0.1) is 10.1 Å². The van der Waals surface area contributed by atoms with Crippen LogP contribution < -0.4 is 0 Å². The molecule has 2 heterocycles. The molecule has 0 aromatic carbocycles. The predicted molar refractivity (Wildman–Crippen MR) is 61.1 cm³/mol. The van der Waals surface area contributed by atoms with E-state index in [0.29, 0.717) is 0 Å². The van der Waals surface area contributed by atoms with Crippen molar-refractivity contribution in [1.82, 2.24) is 14.8 Å². The number of aromatic carboxylic acids is 1. The zero-order valence-corrected chi connectivity index (χ0v) is 9.50. The highest BCUT2D eigenvalue weighted by molar-refractivity contribution is 6.32. The van der Waals surface area contributed by atoms with E-state index in [1.165, 1.54) is 12.3 Å². The maximum Gasteiger partial charge on any atom is 0.354 e. The van der Waals surface area contributed by atoms with E-state index in [-0.39, 0.29) is 22.4 Å². The number of pyridine rings is 1. The first-order chi connectivity index (χ1) is 8.63. The van der Waals surface area contributed by atoms with Gasteiger partial charge in [0.2, 0.25) is 6.08 Å². The molecule has 90 valence electrons. The average molecular weight is 265 g/mol. The van der Waals surface area contributed by atoms with Crippen molar-refractivity contribution in [1.29, 1.82) is 0 Å². The maximum absolute atomic E-state index is 11.1. The first-order valence-electron chi connectivity index (χ1n) is 4.65. The van der Waals surface area contributed by atoms with Gasteiger partial charge < -0.3 is 5.11 Å². The molecule has 0 bridgehead atoms. The van der Waals surface area contributed by atoms with Crippen LogP contribution in [0.1, 0.15) is 10.5 Å². The third kappa shape index (κ3) is 2.13. The van der Waals surface area contributed by atoms with Crippen LogP contribution in [0.15, 0.2) is 29.4 Å². The monoisotopic (exact) mass is 264 g/mol. The summed E-state index contributed by atoms with van der Waals surface area (Å²) in [5.41, 5.74) is -0.204. The fourth-order valence-corrected chi connectivity index (χ4v) is 1.52. The molecule has 2 aromatic rings. The van der Waals surface area contributed by atoms with E-state index in [9.17, 15) is 9.59 Å². The van der Waals surface area contributed by atoms with E-state index in [2.05, 4.69) is 15.1 Å². The number of hydrogen-bond donors (Lipinski definition) is 1. The minimum Gasteiger partial charge on any atom is -0.477 e. The Bertz CT molecular complexity index is 661. The standard InChI is InChI=1S/C10H5ClN4O3/c11-6-2-1-3-12-9(6)15-7(10(17)18)4-8(14-15)13-5-16/h1-4H,(H,17,18). The van der Waals surface area contributed by atoms with Crippen molar-refractivity contribution in [2.75, 3.05) is 0 Å². The van der Waals surface area contributed by atoms with Gasteiger partial charge in [-0.25, -0.2) is 19.3 Å². The van der Waals surface area contributed by atoms with Gasteiger partial charge in [-0.1, -0.05) is 11.6 Å². The second-order valence-corrected chi connectivity index (χ2v) is 3.52.